The van der Waals surface area contributed by atoms with Gasteiger partial charge in [-0.25, -0.2) is 4.98 Å². The highest BCUT2D eigenvalue weighted by Gasteiger charge is 2.29. The molecule has 0 saturated heterocycles. The number of carbonyl (C=O) groups excluding carboxylic acids is 2. The maximum absolute atomic E-state index is 12.6. The van der Waals surface area contributed by atoms with E-state index in [1.807, 2.05) is 56.3 Å². The third kappa shape index (κ3) is 3.10. The predicted octanol–water partition coefficient (Wildman–Crippen LogP) is 4.36. The normalized spacial score (nSPS) is 13.3. The van der Waals surface area contributed by atoms with Crippen molar-refractivity contribution >= 4 is 50.2 Å². The number of pyridine rings is 1. The molecule has 0 bridgehead atoms. The number of halogens is 1. The SMILES string of the molecule is CC(C)NC(=O)c1c(Br)ccc2nc(N3C(=O)Cc4ccccc43)ccc12. The van der Waals surface area contributed by atoms with Crippen molar-refractivity contribution in [1.82, 2.24) is 10.3 Å². The molecule has 27 heavy (non-hydrogen) atoms. The molecule has 1 aliphatic heterocycles. The van der Waals surface area contributed by atoms with Crippen LogP contribution in [0.3, 0.4) is 0 Å². The zero-order valence-electron chi connectivity index (χ0n) is 15.0. The molecule has 0 saturated carbocycles. The summed E-state index contributed by atoms with van der Waals surface area (Å²) in [5.74, 6) is 0.410. The lowest BCUT2D eigenvalue weighted by atomic mass is 10.1. The van der Waals surface area contributed by atoms with E-state index in [9.17, 15) is 9.59 Å². The molecule has 4 rings (SSSR count). The molecule has 1 aromatic heterocycles. The average molecular weight is 424 g/mol. The number of rotatable bonds is 3. The van der Waals surface area contributed by atoms with Crippen LogP contribution in [-0.2, 0) is 11.2 Å². The number of fused-ring (bicyclic) bond motifs is 2. The van der Waals surface area contributed by atoms with E-state index in [2.05, 4.69) is 26.2 Å². The number of nitrogens with one attached hydrogen (secondary N) is 1. The van der Waals surface area contributed by atoms with E-state index < -0.39 is 0 Å². The van der Waals surface area contributed by atoms with E-state index in [-0.39, 0.29) is 17.9 Å². The van der Waals surface area contributed by atoms with Gasteiger partial charge in [0.1, 0.15) is 5.82 Å². The lowest BCUT2D eigenvalue weighted by Gasteiger charge is -2.18. The van der Waals surface area contributed by atoms with Crippen molar-refractivity contribution < 1.29 is 9.59 Å². The summed E-state index contributed by atoms with van der Waals surface area (Å²) < 4.78 is 0.713. The molecule has 136 valence electrons. The fourth-order valence-corrected chi connectivity index (χ4v) is 3.89. The fraction of sp³-hybridized carbons (Fsp3) is 0.190. The molecule has 1 aliphatic rings. The summed E-state index contributed by atoms with van der Waals surface area (Å²) in [6, 6.07) is 15.1. The smallest absolute Gasteiger partial charge is 0.253 e. The van der Waals surface area contributed by atoms with Gasteiger partial charge in [0, 0.05) is 15.9 Å². The molecule has 0 atom stereocenters. The first-order valence-corrected chi connectivity index (χ1v) is 9.56. The van der Waals surface area contributed by atoms with E-state index in [0.29, 0.717) is 27.8 Å². The molecular formula is C21H18BrN3O2. The lowest BCUT2D eigenvalue weighted by Crippen LogP contribution is -2.30. The molecule has 0 unspecified atom stereocenters. The maximum atomic E-state index is 12.6. The molecule has 0 spiro atoms. The molecule has 2 heterocycles. The highest BCUT2D eigenvalue weighted by Crippen LogP contribution is 2.35. The highest BCUT2D eigenvalue weighted by molar-refractivity contribution is 9.10. The topological polar surface area (TPSA) is 62.3 Å². The summed E-state index contributed by atoms with van der Waals surface area (Å²) in [7, 11) is 0. The molecule has 0 fully saturated rings. The number of nitrogens with zero attached hydrogens (tertiary/aromatic N) is 2. The van der Waals surface area contributed by atoms with Crippen LogP contribution < -0.4 is 10.2 Å². The second-order valence-electron chi connectivity index (χ2n) is 6.82. The lowest BCUT2D eigenvalue weighted by molar-refractivity contribution is -0.116. The Balaban J connectivity index is 1.82. The van der Waals surface area contributed by atoms with Crippen LogP contribution in [0.1, 0.15) is 29.8 Å². The minimum atomic E-state index is -0.153. The summed E-state index contributed by atoms with van der Waals surface area (Å²) in [5.41, 5.74) is 3.08. The van der Waals surface area contributed by atoms with Crippen LogP contribution in [0.4, 0.5) is 11.5 Å². The van der Waals surface area contributed by atoms with Crippen LogP contribution in [0.2, 0.25) is 0 Å². The van der Waals surface area contributed by atoms with Gasteiger partial charge < -0.3 is 5.32 Å². The molecule has 2 amide bonds. The van der Waals surface area contributed by atoms with Crippen molar-refractivity contribution in [3.05, 3.63) is 64.1 Å². The predicted molar refractivity (Wildman–Crippen MR) is 109 cm³/mol. The quantitative estimate of drug-likeness (QED) is 0.680. The van der Waals surface area contributed by atoms with Gasteiger partial charge in [0.25, 0.3) is 5.91 Å². The number of hydrogen-bond acceptors (Lipinski definition) is 3. The number of anilines is 2. The standard InChI is InChI=1S/C21H18BrN3O2/c1-12(2)23-21(27)20-14-7-10-18(24-16(14)9-8-15(20)22)25-17-6-4-3-5-13(17)11-19(25)26/h3-10,12H,11H2,1-2H3,(H,23,27). The van der Waals surface area contributed by atoms with E-state index in [0.717, 1.165) is 16.6 Å². The number of aromatic nitrogens is 1. The van der Waals surface area contributed by atoms with Crippen molar-refractivity contribution in [2.24, 2.45) is 0 Å². The van der Waals surface area contributed by atoms with Gasteiger partial charge in [0.2, 0.25) is 5.91 Å². The number of carbonyl (C=O) groups is 2. The number of hydrogen-bond donors (Lipinski definition) is 1. The zero-order valence-corrected chi connectivity index (χ0v) is 16.6. The first-order valence-electron chi connectivity index (χ1n) is 8.76. The Hall–Kier alpha value is -2.73. The number of amides is 2. The molecule has 5 nitrogen and oxygen atoms in total. The van der Waals surface area contributed by atoms with Crippen LogP contribution in [0.5, 0.6) is 0 Å². The average Bonchev–Trinajstić information content (AvgIpc) is 2.96. The van der Waals surface area contributed by atoms with Gasteiger partial charge in [-0.15, -0.1) is 0 Å². The van der Waals surface area contributed by atoms with E-state index in [4.69, 9.17) is 0 Å². The molecule has 6 heteroatoms. The van der Waals surface area contributed by atoms with Gasteiger partial charge in [-0.2, -0.15) is 0 Å². The summed E-state index contributed by atoms with van der Waals surface area (Å²) in [5, 5.41) is 3.66. The number of benzene rings is 2. The first-order chi connectivity index (χ1) is 13.0. The maximum Gasteiger partial charge on any atom is 0.253 e. The van der Waals surface area contributed by atoms with Crippen LogP contribution in [0, 0.1) is 0 Å². The Bertz CT molecular complexity index is 1080. The van der Waals surface area contributed by atoms with Gasteiger partial charge in [-0.05, 0) is 65.7 Å². The third-order valence-electron chi connectivity index (χ3n) is 4.51. The molecular weight excluding hydrogens is 406 g/mol. The number of para-hydroxylation sites is 1. The van der Waals surface area contributed by atoms with Crippen molar-refractivity contribution in [2.75, 3.05) is 4.90 Å². The second kappa shape index (κ2) is 6.78. The third-order valence-corrected chi connectivity index (χ3v) is 5.17. The van der Waals surface area contributed by atoms with Crippen molar-refractivity contribution in [3.63, 3.8) is 0 Å². The van der Waals surface area contributed by atoms with Crippen LogP contribution in [0.25, 0.3) is 10.9 Å². The Morgan fingerprint density at radius 3 is 2.70 bits per heavy atom. The van der Waals surface area contributed by atoms with Gasteiger partial charge in [-0.3, -0.25) is 14.5 Å². The van der Waals surface area contributed by atoms with Crippen molar-refractivity contribution in [3.8, 4) is 0 Å². The van der Waals surface area contributed by atoms with E-state index >= 15 is 0 Å². The molecule has 1 N–H and O–H groups in total. The molecule has 0 aliphatic carbocycles. The van der Waals surface area contributed by atoms with Crippen LogP contribution in [0.15, 0.2) is 53.0 Å². The monoisotopic (exact) mass is 423 g/mol. The molecule has 3 aromatic rings. The summed E-state index contributed by atoms with van der Waals surface area (Å²) >= 11 is 3.47. The first kappa shape index (κ1) is 17.7. The minimum absolute atomic E-state index is 0.00191. The fourth-order valence-electron chi connectivity index (χ4n) is 3.36. The van der Waals surface area contributed by atoms with E-state index in [1.54, 1.807) is 11.0 Å². The Labute approximate surface area is 165 Å². The van der Waals surface area contributed by atoms with Gasteiger partial charge in [0.15, 0.2) is 0 Å². The van der Waals surface area contributed by atoms with Crippen LogP contribution in [-0.4, -0.2) is 22.8 Å². The Morgan fingerprint density at radius 1 is 1.15 bits per heavy atom. The van der Waals surface area contributed by atoms with Gasteiger partial charge in [0.05, 0.1) is 23.2 Å². The van der Waals surface area contributed by atoms with Gasteiger partial charge >= 0.3 is 0 Å². The largest absolute Gasteiger partial charge is 0.350 e. The van der Waals surface area contributed by atoms with Crippen molar-refractivity contribution in [2.45, 2.75) is 26.3 Å². The Kier molecular flexibility index (Phi) is 4.44. The van der Waals surface area contributed by atoms with E-state index in [1.165, 1.54) is 0 Å². The molecule has 2 aromatic carbocycles. The van der Waals surface area contributed by atoms with Crippen LogP contribution >= 0.6 is 15.9 Å². The minimum Gasteiger partial charge on any atom is -0.350 e. The van der Waals surface area contributed by atoms with Crippen molar-refractivity contribution in [1.29, 1.82) is 0 Å². The highest BCUT2D eigenvalue weighted by atomic mass is 79.9. The van der Waals surface area contributed by atoms with Gasteiger partial charge in [-0.1, -0.05) is 18.2 Å². The zero-order chi connectivity index (χ0) is 19.1. The summed E-state index contributed by atoms with van der Waals surface area (Å²) in [4.78, 5) is 31.5. The molecule has 0 radical (unpaired) electrons. The summed E-state index contributed by atoms with van der Waals surface area (Å²) in [6.45, 7) is 3.84. The Morgan fingerprint density at radius 2 is 1.93 bits per heavy atom. The summed E-state index contributed by atoms with van der Waals surface area (Å²) in [6.07, 6.45) is 0.373. The second-order valence-corrected chi connectivity index (χ2v) is 7.68.